The highest BCUT2D eigenvalue weighted by Gasteiger charge is 2.34. The van der Waals surface area contributed by atoms with E-state index >= 15 is 0 Å². The van der Waals surface area contributed by atoms with Crippen LogP contribution in [-0.4, -0.2) is 31.9 Å². The summed E-state index contributed by atoms with van der Waals surface area (Å²) in [6.45, 7) is 4.79. The van der Waals surface area contributed by atoms with E-state index in [2.05, 4.69) is 0 Å². The molecule has 1 saturated heterocycles. The zero-order valence-electron chi connectivity index (χ0n) is 10.4. The molecular formula is C11H17ClN2O2S2. The number of rotatable bonds is 3. The summed E-state index contributed by atoms with van der Waals surface area (Å²) >= 11 is 7.06. The third-order valence-electron chi connectivity index (χ3n) is 3.36. The van der Waals surface area contributed by atoms with Crippen molar-refractivity contribution in [1.82, 2.24) is 4.31 Å². The molecule has 2 N–H and O–H groups in total. The molecule has 0 saturated carbocycles. The largest absolute Gasteiger partial charge is 0.328 e. The van der Waals surface area contributed by atoms with E-state index in [1.807, 2.05) is 13.8 Å². The first-order chi connectivity index (χ1) is 8.32. The molecule has 4 nitrogen and oxygen atoms in total. The van der Waals surface area contributed by atoms with E-state index in [0.29, 0.717) is 21.6 Å². The van der Waals surface area contributed by atoms with Crippen molar-refractivity contribution in [3.8, 4) is 0 Å². The number of sulfonamides is 1. The van der Waals surface area contributed by atoms with Crippen LogP contribution >= 0.6 is 22.9 Å². The lowest BCUT2D eigenvalue weighted by Gasteiger charge is -2.17. The Morgan fingerprint density at radius 2 is 2.28 bits per heavy atom. The summed E-state index contributed by atoms with van der Waals surface area (Å²) in [7, 11) is -3.39. The fourth-order valence-electron chi connectivity index (χ4n) is 2.09. The maximum absolute atomic E-state index is 12.4. The van der Waals surface area contributed by atoms with E-state index in [1.165, 1.54) is 4.31 Å². The Morgan fingerprint density at radius 1 is 1.61 bits per heavy atom. The quantitative estimate of drug-likeness (QED) is 0.929. The van der Waals surface area contributed by atoms with Crippen LogP contribution in [0.25, 0.3) is 0 Å². The van der Waals surface area contributed by atoms with Gasteiger partial charge in [0.05, 0.1) is 4.34 Å². The standard InChI is InChI=1S/C11H17ClN2O2S2/c1-7-5-10(17-11(7)12)18(15,16)14-4-3-9(6-14)8(2)13/h5,8-9H,3-4,6,13H2,1-2H3. The van der Waals surface area contributed by atoms with Gasteiger partial charge in [0.15, 0.2) is 0 Å². The Bertz CT molecular complexity index is 520. The molecule has 2 rings (SSSR count). The number of hydrogen-bond acceptors (Lipinski definition) is 4. The van der Waals surface area contributed by atoms with Crippen LogP contribution in [0.5, 0.6) is 0 Å². The summed E-state index contributed by atoms with van der Waals surface area (Å²) in [5.74, 6) is 0.247. The van der Waals surface area contributed by atoms with Crippen molar-refractivity contribution in [2.75, 3.05) is 13.1 Å². The summed E-state index contributed by atoms with van der Waals surface area (Å²) in [5.41, 5.74) is 6.64. The molecule has 18 heavy (non-hydrogen) atoms. The lowest BCUT2D eigenvalue weighted by molar-refractivity contribution is 0.430. The summed E-state index contributed by atoms with van der Waals surface area (Å²) in [4.78, 5) is 0. The average molecular weight is 309 g/mol. The number of halogens is 1. The fraction of sp³-hybridized carbons (Fsp3) is 0.636. The van der Waals surface area contributed by atoms with Crippen LogP contribution in [-0.2, 0) is 10.0 Å². The molecule has 2 unspecified atom stereocenters. The number of nitrogens with zero attached hydrogens (tertiary/aromatic N) is 1. The van der Waals surface area contributed by atoms with Crippen molar-refractivity contribution in [1.29, 1.82) is 0 Å². The minimum atomic E-state index is -3.39. The Kier molecular flexibility index (Phi) is 4.04. The maximum atomic E-state index is 12.4. The lowest BCUT2D eigenvalue weighted by atomic mass is 10.0. The first kappa shape index (κ1) is 14.3. The second kappa shape index (κ2) is 5.09. The molecule has 7 heteroatoms. The predicted molar refractivity (Wildman–Crippen MR) is 74.6 cm³/mol. The van der Waals surface area contributed by atoms with E-state index in [4.69, 9.17) is 17.3 Å². The van der Waals surface area contributed by atoms with Crippen LogP contribution in [0.1, 0.15) is 18.9 Å². The molecular weight excluding hydrogens is 292 g/mol. The number of thiophene rings is 1. The van der Waals surface area contributed by atoms with Crippen molar-refractivity contribution in [2.24, 2.45) is 11.7 Å². The molecule has 2 heterocycles. The van der Waals surface area contributed by atoms with Crippen LogP contribution in [0.3, 0.4) is 0 Å². The van der Waals surface area contributed by atoms with E-state index in [9.17, 15) is 8.42 Å². The third kappa shape index (κ3) is 2.58. The molecule has 0 bridgehead atoms. The minimum Gasteiger partial charge on any atom is -0.328 e. The topological polar surface area (TPSA) is 63.4 Å². The third-order valence-corrected chi connectivity index (χ3v) is 7.23. The molecule has 1 aromatic heterocycles. The summed E-state index contributed by atoms with van der Waals surface area (Å²) in [6.07, 6.45) is 0.828. The van der Waals surface area contributed by atoms with Crippen LogP contribution in [0, 0.1) is 12.8 Å². The first-order valence-corrected chi connectivity index (χ1v) is 8.47. The monoisotopic (exact) mass is 308 g/mol. The molecule has 0 radical (unpaired) electrons. The van der Waals surface area contributed by atoms with Gasteiger partial charge in [-0.2, -0.15) is 4.31 Å². The molecule has 0 spiro atoms. The van der Waals surface area contributed by atoms with Crippen LogP contribution in [0.2, 0.25) is 4.34 Å². The molecule has 0 aromatic carbocycles. The van der Waals surface area contributed by atoms with Crippen molar-refractivity contribution >= 4 is 33.0 Å². The zero-order valence-corrected chi connectivity index (χ0v) is 12.8. The molecule has 0 amide bonds. The molecule has 1 aliphatic heterocycles. The zero-order chi connectivity index (χ0) is 13.5. The first-order valence-electron chi connectivity index (χ1n) is 5.84. The smallest absolute Gasteiger partial charge is 0.252 e. The van der Waals surface area contributed by atoms with Crippen molar-refractivity contribution in [2.45, 2.75) is 30.5 Å². The van der Waals surface area contributed by atoms with Gasteiger partial charge in [0.1, 0.15) is 4.21 Å². The molecule has 1 aliphatic rings. The van der Waals surface area contributed by atoms with Gasteiger partial charge in [0.25, 0.3) is 10.0 Å². The average Bonchev–Trinajstić information content (AvgIpc) is 2.87. The fourth-order valence-corrected chi connectivity index (χ4v) is 5.46. The Labute approximate surface area is 117 Å². The predicted octanol–water partition coefficient (Wildman–Crippen LogP) is 2.07. The van der Waals surface area contributed by atoms with Gasteiger partial charge in [-0.3, -0.25) is 0 Å². The van der Waals surface area contributed by atoms with E-state index in [0.717, 1.165) is 23.3 Å². The van der Waals surface area contributed by atoms with Crippen molar-refractivity contribution in [3.05, 3.63) is 16.0 Å². The Balaban J connectivity index is 2.23. The second-order valence-electron chi connectivity index (χ2n) is 4.79. The van der Waals surface area contributed by atoms with Crippen molar-refractivity contribution in [3.63, 3.8) is 0 Å². The van der Waals surface area contributed by atoms with E-state index < -0.39 is 10.0 Å². The Hall–Kier alpha value is -0.140. The van der Waals surface area contributed by atoms with Gasteiger partial charge in [-0.15, -0.1) is 11.3 Å². The molecule has 1 fully saturated rings. The van der Waals surface area contributed by atoms with Gasteiger partial charge < -0.3 is 5.73 Å². The highest BCUT2D eigenvalue weighted by molar-refractivity contribution is 7.91. The van der Waals surface area contributed by atoms with Gasteiger partial charge in [-0.1, -0.05) is 11.6 Å². The van der Waals surface area contributed by atoms with Gasteiger partial charge in [0.2, 0.25) is 0 Å². The van der Waals surface area contributed by atoms with Gasteiger partial charge in [-0.05, 0) is 37.8 Å². The normalized spacial score (nSPS) is 23.4. The Morgan fingerprint density at radius 3 is 2.72 bits per heavy atom. The van der Waals surface area contributed by atoms with Crippen LogP contribution < -0.4 is 5.73 Å². The lowest BCUT2D eigenvalue weighted by Crippen LogP contribution is -2.32. The molecule has 1 aromatic rings. The van der Waals surface area contributed by atoms with Crippen LogP contribution in [0.4, 0.5) is 0 Å². The highest BCUT2D eigenvalue weighted by Crippen LogP contribution is 2.34. The van der Waals surface area contributed by atoms with E-state index in [1.54, 1.807) is 6.07 Å². The SMILES string of the molecule is Cc1cc(S(=O)(=O)N2CCC(C(C)N)C2)sc1Cl. The number of aryl methyl sites for hydroxylation is 1. The molecule has 2 atom stereocenters. The van der Waals surface area contributed by atoms with Gasteiger partial charge >= 0.3 is 0 Å². The maximum Gasteiger partial charge on any atom is 0.252 e. The van der Waals surface area contributed by atoms with Gasteiger partial charge in [-0.25, -0.2) is 8.42 Å². The molecule has 0 aliphatic carbocycles. The summed E-state index contributed by atoms with van der Waals surface area (Å²) < 4.78 is 27.2. The summed E-state index contributed by atoms with van der Waals surface area (Å²) in [6, 6.07) is 1.67. The highest BCUT2D eigenvalue weighted by atomic mass is 35.5. The number of hydrogen-bond donors (Lipinski definition) is 1. The number of nitrogens with two attached hydrogens (primary N) is 1. The van der Waals surface area contributed by atoms with Crippen molar-refractivity contribution < 1.29 is 8.42 Å². The van der Waals surface area contributed by atoms with E-state index in [-0.39, 0.29) is 12.0 Å². The van der Waals surface area contributed by atoms with Crippen LogP contribution in [0.15, 0.2) is 10.3 Å². The molecule has 102 valence electrons. The second-order valence-corrected chi connectivity index (χ2v) is 8.61. The summed E-state index contributed by atoms with van der Waals surface area (Å²) in [5, 5.41) is 0. The van der Waals surface area contributed by atoms with Gasteiger partial charge in [0, 0.05) is 19.1 Å². The minimum absolute atomic E-state index is 0.0267.